The van der Waals surface area contributed by atoms with Crippen LogP contribution in [0.4, 0.5) is 0 Å². The molecular formula is C29H37NO6. The maximum Gasteiger partial charge on any atom is 0.295 e. The predicted octanol–water partition coefficient (Wildman–Crippen LogP) is 5.37. The van der Waals surface area contributed by atoms with Gasteiger partial charge in [-0.1, -0.05) is 26.0 Å². The maximum atomic E-state index is 13.3. The van der Waals surface area contributed by atoms with Crippen molar-refractivity contribution in [1.82, 2.24) is 4.90 Å². The average molecular weight is 496 g/mol. The number of rotatable bonds is 10. The third-order valence-electron chi connectivity index (χ3n) is 6.42. The van der Waals surface area contributed by atoms with Crippen LogP contribution < -0.4 is 9.47 Å². The van der Waals surface area contributed by atoms with Crippen LogP contribution in [-0.4, -0.2) is 55.2 Å². The first kappa shape index (κ1) is 27.3. The van der Waals surface area contributed by atoms with Crippen LogP contribution in [0.3, 0.4) is 0 Å². The number of benzene rings is 2. The van der Waals surface area contributed by atoms with Crippen molar-refractivity contribution in [3.8, 4) is 11.5 Å². The summed E-state index contributed by atoms with van der Waals surface area (Å²) in [6, 6.07) is 10.2. The van der Waals surface area contributed by atoms with E-state index in [0.717, 1.165) is 22.4 Å². The molecule has 7 heteroatoms. The standard InChI is InChI=1S/C29H37NO6/c1-17(2)22-16-23(19(5)15-24(22)35-7)27(31)25-26(20-9-11-21(34-6)12-10-20)30(29(33)28(25)32)13-8-14-36-18(3)4/h9-12,15-18,26,31H,8,13-14H2,1-7H3/b27-25+. The van der Waals surface area contributed by atoms with Gasteiger partial charge in [-0.25, -0.2) is 0 Å². The van der Waals surface area contributed by atoms with Crippen molar-refractivity contribution < 1.29 is 28.9 Å². The molecule has 0 radical (unpaired) electrons. The van der Waals surface area contributed by atoms with Crippen LogP contribution in [0.25, 0.3) is 5.76 Å². The lowest BCUT2D eigenvalue weighted by atomic mass is 9.91. The van der Waals surface area contributed by atoms with Gasteiger partial charge < -0.3 is 24.2 Å². The number of nitrogens with zero attached hydrogens (tertiary/aromatic N) is 1. The van der Waals surface area contributed by atoms with Gasteiger partial charge in [0.05, 0.1) is 31.9 Å². The largest absolute Gasteiger partial charge is 0.507 e. The third-order valence-corrected chi connectivity index (χ3v) is 6.42. The minimum atomic E-state index is -0.723. The van der Waals surface area contributed by atoms with Crippen molar-refractivity contribution in [3.05, 3.63) is 64.2 Å². The lowest BCUT2D eigenvalue weighted by Crippen LogP contribution is -2.31. The van der Waals surface area contributed by atoms with Crippen LogP contribution in [0.2, 0.25) is 0 Å². The van der Waals surface area contributed by atoms with Crippen LogP contribution in [-0.2, 0) is 14.3 Å². The van der Waals surface area contributed by atoms with Gasteiger partial charge in [0.2, 0.25) is 0 Å². The number of hydrogen-bond acceptors (Lipinski definition) is 6. The minimum absolute atomic E-state index is 0.0750. The summed E-state index contributed by atoms with van der Waals surface area (Å²) in [4.78, 5) is 28.1. The van der Waals surface area contributed by atoms with Gasteiger partial charge in [-0.05, 0) is 74.1 Å². The van der Waals surface area contributed by atoms with Gasteiger partial charge in [0.15, 0.2) is 0 Å². The summed E-state index contributed by atoms with van der Waals surface area (Å²) in [5, 5.41) is 11.5. The van der Waals surface area contributed by atoms with Gasteiger partial charge in [0, 0.05) is 18.7 Å². The summed E-state index contributed by atoms with van der Waals surface area (Å²) in [5.74, 6) is 0.00606. The number of ketones is 1. The van der Waals surface area contributed by atoms with Crippen molar-refractivity contribution in [2.24, 2.45) is 0 Å². The Bertz CT molecular complexity index is 1130. The van der Waals surface area contributed by atoms with Crippen LogP contribution in [0.1, 0.15) is 68.3 Å². The zero-order valence-corrected chi connectivity index (χ0v) is 22.3. The van der Waals surface area contributed by atoms with E-state index in [1.54, 1.807) is 26.4 Å². The van der Waals surface area contributed by atoms with Crippen molar-refractivity contribution in [1.29, 1.82) is 0 Å². The Balaban J connectivity index is 2.14. The molecule has 2 aromatic rings. The molecule has 7 nitrogen and oxygen atoms in total. The molecule has 1 saturated heterocycles. The smallest absolute Gasteiger partial charge is 0.295 e. The van der Waals surface area contributed by atoms with Crippen molar-refractivity contribution in [3.63, 3.8) is 0 Å². The molecule has 1 N–H and O–H groups in total. The molecular weight excluding hydrogens is 458 g/mol. The Morgan fingerprint density at radius 1 is 1.03 bits per heavy atom. The predicted molar refractivity (Wildman–Crippen MR) is 140 cm³/mol. The highest BCUT2D eigenvalue weighted by molar-refractivity contribution is 6.46. The number of methoxy groups -OCH3 is 2. The van der Waals surface area contributed by atoms with Gasteiger partial charge in [0.25, 0.3) is 11.7 Å². The SMILES string of the molecule is COc1ccc(C2/C(=C(\O)c3cc(C(C)C)c(OC)cc3C)C(=O)C(=O)N2CCCOC(C)C)cc1. The quantitative estimate of drug-likeness (QED) is 0.206. The Morgan fingerprint density at radius 3 is 2.25 bits per heavy atom. The molecule has 1 heterocycles. The molecule has 2 aromatic carbocycles. The molecule has 1 amide bonds. The molecule has 0 bridgehead atoms. The van der Waals surface area contributed by atoms with Crippen molar-refractivity contribution in [2.45, 2.75) is 59.1 Å². The number of Topliss-reactive ketones (excluding diaryl/α,β-unsaturated/α-hetero) is 1. The summed E-state index contributed by atoms with van der Waals surface area (Å²) < 4.78 is 16.5. The molecule has 3 rings (SSSR count). The fourth-order valence-corrected chi connectivity index (χ4v) is 4.52. The molecule has 1 unspecified atom stereocenters. The molecule has 0 aromatic heterocycles. The number of hydrogen-bond donors (Lipinski definition) is 1. The first-order valence-electron chi connectivity index (χ1n) is 12.3. The second-order valence-corrected chi connectivity index (χ2v) is 9.60. The highest BCUT2D eigenvalue weighted by Gasteiger charge is 2.46. The number of carbonyl (C=O) groups is 2. The summed E-state index contributed by atoms with van der Waals surface area (Å²) in [6.07, 6.45) is 0.641. The summed E-state index contributed by atoms with van der Waals surface area (Å²) in [7, 11) is 3.19. The van der Waals surface area contributed by atoms with E-state index in [9.17, 15) is 14.7 Å². The Hall–Kier alpha value is -3.32. The molecule has 0 saturated carbocycles. The zero-order valence-electron chi connectivity index (χ0n) is 22.3. The van der Waals surface area contributed by atoms with E-state index >= 15 is 0 Å². The lowest BCUT2D eigenvalue weighted by Gasteiger charge is -2.26. The second-order valence-electron chi connectivity index (χ2n) is 9.60. The van der Waals surface area contributed by atoms with Gasteiger partial charge in [-0.15, -0.1) is 0 Å². The van der Waals surface area contributed by atoms with Gasteiger partial charge >= 0.3 is 0 Å². The molecule has 0 spiro atoms. The summed E-state index contributed by atoms with van der Waals surface area (Å²) in [6.45, 7) is 10.6. The number of aliphatic hydroxyl groups excluding tert-OH is 1. The van der Waals surface area contributed by atoms with Gasteiger partial charge in [-0.3, -0.25) is 9.59 Å². The number of aliphatic hydroxyl groups is 1. The van der Waals surface area contributed by atoms with E-state index in [0.29, 0.717) is 30.9 Å². The molecule has 194 valence electrons. The minimum Gasteiger partial charge on any atom is -0.507 e. The summed E-state index contributed by atoms with van der Waals surface area (Å²) in [5.41, 5.74) is 2.97. The van der Waals surface area contributed by atoms with Crippen molar-refractivity contribution in [2.75, 3.05) is 27.4 Å². The highest BCUT2D eigenvalue weighted by atomic mass is 16.5. The number of carbonyl (C=O) groups excluding carboxylic acids is 2. The number of ether oxygens (including phenoxy) is 3. The second kappa shape index (κ2) is 11.6. The number of aryl methyl sites for hydroxylation is 1. The number of likely N-dealkylation sites (tertiary alicyclic amines) is 1. The topological polar surface area (TPSA) is 85.3 Å². The number of amides is 1. The Morgan fingerprint density at radius 2 is 1.69 bits per heavy atom. The van der Waals surface area contributed by atoms with E-state index in [4.69, 9.17) is 14.2 Å². The lowest BCUT2D eigenvalue weighted by molar-refractivity contribution is -0.140. The van der Waals surface area contributed by atoms with Crippen LogP contribution in [0.5, 0.6) is 11.5 Å². The zero-order chi connectivity index (χ0) is 26.6. The van der Waals surface area contributed by atoms with E-state index in [2.05, 4.69) is 0 Å². The normalized spacial score (nSPS) is 17.4. The van der Waals surface area contributed by atoms with E-state index in [-0.39, 0.29) is 23.4 Å². The highest BCUT2D eigenvalue weighted by Crippen LogP contribution is 2.41. The maximum absolute atomic E-state index is 13.3. The molecule has 0 aliphatic carbocycles. The van der Waals surface area contributed by atoms with Crippen LogP contribution in [0, 0.1) is 6.92 Å². The van der Waals surface area contributed by atoms with Gasteiger partial charge in [-0.2, -0.15) is 0 Å². The molecule has 36 heavy (non-hydrogen) atoms. The van der Waals surface area contributed by atoms with E-state index < -0.39 is 17.7 Å². The van der Waals surface area contributed by atoms with Crippen LogP contribution >= 0.6 is 0 Å². The first-order valence-corrected chi connectivity index (χ1v) is 12.3. The van der Waals surface area contributed by atoms with Crippen molar-refractivity contribution >= 4 is 17.4 Å². The van der Waals surface area contributed by atoms with Gasteiger partial charge in [0.1, 0.15) is 17.3 Å². The van der Waals surface area contributed by atoms with E-state index in [1.165, 1.54) is 4.90 Å². The molecule has 1 aliphatic rings. The fraction of sp³-hybridized carbons (Fsp3) is 0.448. The fourth-order valence-electron chi connectivity index (χ4n) is 4.52. The molecule has 1 atom stereocenters. The Kier molecular flexibility index (Phi) is 8.79. The molecule has 1 aliphatic heterocycles. The third kappa shape index (κ3) is 5.57. The van der Waals surface area contributed by atoms with E-state index in [1.807, 2.05) is 58.9 Å². The Labute approximate surface area is 213 Å². The summed E-state index contributed by atoms with van der Waals surface area (Å²) >= 11 is 0. The molecule has 1 fully saturated rings. The first-order chi connectivity index (χ1) is 17.1. The van der Waals surface area contributed by atoms with Crippen LogP contribution in [0.15, 0.2) is 42.0 Å². The monoisotopic (exact) mass is 495 g/mol. The average Bonchev–Trinajstić information content (AvgIpc) is 3.10.